The maximum absolute atomic E-state index is 12.0. The van der Waals surface area contributed by atoms with Crippen LogP contribution in [0.2, 0.25) is 0 Å². The van der Waals surface area contributed by atoms with E-state index in [1.54, 1.807) is 0 Å². The van der Waals surface area contributed by atoms with E-state index in [1.807, 2.05) is 0 Å². The van der Waals surface area contributed by atoms with Crippen LogP contribution >= 0.6 is 0 Å². The van der Waals surface area contributed by atoms with E-state index in [1.165, 1.54) is 31.2 Å². The molecule has 1 aromatic carbocycles. The number of nitrogens with two attached hydrogens (primary N) is 1. The van der Waals surface area contributed by atoms with Crippen molar-refractivity contribution in [3.8, 4) is 0 Å². The summed E-state index contributed by atoms with van der Waals surface area (Å²) in [5, 5.41) is 7.51. The van der Waals surface area contributed by atoms with Crippen LogP contribution in [0.25, 0.3) is 0 Å². The zero-order chi connectivity index (χ0) is 17.0. The third-order valence-electron chi connectivity index (χ3n) is 3.31. The maximum Gasteiger partial charge on any atom is 0.336 e. The zero-order valence-electron chi connectivity index (χ0n) is 12.5. The highest BCUT2D eigenvalue weighted by Crippen LogP contribution is 2.16. The Bertz CT molecular complexity index is 680. The molecule has 0 aromatic heterocycles. The summed E-state index contributed by atoms with van der Waals surface area (Å²) in [7, 11) is -3.79. The number of hydrogen-bond acceptors (Lipinski definition) is 6. The van der Waals surface area contributed by atoms with Crippen molar-refractivity contribution in [1.82, 2.24) is 0 Å². The second kappa shape index (κ2) is 7.07. The van der Waals surface area contributed by atoms with Crippen molar-refractivity contribution in [2.75, 3.05) is 11.9 Å². The summed E-state index contributed by atoms with van der Waals surface area (Å²) in [5.74, 6) is -1.09. The predicted octanol–water partition coefficient (Wildman–Crippen LogP) is 0.383. The molecule has 0 aliphatic carbocycles. The van der Waals surface area contributed by atoms with Crippen LogP contribution < -0.4 is 10.5 Å². The number of nitrogens with one attached hydrogen (secondary N) is 1. The van der Waals surface area contributed by atoms with E-state index in [-0.39, 0.29) is 4.90 Å². The van der Waals surface area contributed by atoms with Crippen LogP contribution in [0.3, 0.4) is 0 Å². The second-order valence-corrected chi connectivity index (χ2v) is 6.70. The van der Waals surface area contributed by atoms with Crippen molar-refractivity contribution < 1.29 is 27.5 Å². The Morgan fingerprint density at radius 2 is 2.00 bits per heavy atom. The third kappa shape index (κ3) is 4.75. The molecule has 1 aliphatic rings. The van der Waals surface area contributed by atoms with Gasteiger partial charge in [-0.1, -0.05) is 0 Å². The number of hydrogen-bond donors (Lipinski definition) is 2. The average Bonchev–Trinajstić information content (AvgIpc) is 3.01. The van der Waals surface area contributed by atoms with Crippen LogP contribution in [0, 0.1) is 0 Å². The summed E-state index contributed by atoms with van der Waals surface area (Å²) in [6, 6.07) is 5.33. The number of rotatable bonds is 5. The summed E-state index contributed by atoms with van der Waals surface area (Å²) in [4.78, 5) is 23.7. The van der Waals surface area contributed by atoms with Crippen LogP contribution in [0.4, 0.5) is 5.69 Å². The van der Waals surface area contributed by atoms with E-state index in [9.17, 15) is 18.0 Å². The van der Waals surface area contributed by atoms with Gasteiger partial charge in [-0.15, -0.1) is 0 Å². The minimum Gasteiger partial charge on any atom is -0.451 e. The van der Waals surface area contributed by atoms with Gasteiger partial charge >= 0.3 is 5.97 Å². The van der Waals surface area contributed by atoms with Gasteiger partial charge in [0.1, 0.15) is 0 Å². The molecule has 9 heteroatoms. The number of amides is 1. The summed E-state index contributed by atoms with van der Waals surface area (Å²) >= 11 is 0. The van der Waals surface area contributed by atoms with Crippen molar-refractivity contribution in [2.45, 2.75) is 36.9 Å². The largest absolute Gasteiger partial charge is 0.451 e. The molecule has 1 aromatic rings. The van der Waals surface area contributed by atoms with E-state index >= 15 is 0 Å². The molecule has 1 aliphatic heterocycles. The normalized spacial score (nSPS) is 19.1. The molecule has 1 heterocycles. The van der Waals surface area contributed by atoms with Gasteiger partial charge in [-0.25, -0.2) is 18.4 Å². The molecule has 23 heavy (non-hydrogen) atoms. The first kappa shape index (κ1) is 17.4. The number of primary sulfonamides is 1. The summed E-state index contributed by atoms with van der Waals surface area (Å²) in [6.45, 7) is 1.96. The Labute approximate surface area is 134 Å². The van der Waals surface area contributed by atoms with Crippen molar-refractivity contribution in [3.63, 3.8) is 0 Å². The predicted molar refractivity (Wildman–Crippen MR) is 81.0 cm³/mol. The first-order valence-electron chi connectivity index (χ1n) is 7.03. The Hall–Kier alpha value is -1.97. The molecule has 3 N–H and O–H groups in total. The van der Waals surface area contributed by atoms with Gasteiger partial charge < -0.3 is 14.8 Å². The van der Waals surface area contributed by atoms with Crippen molar-refractivity contribution in [1.29, 1.82) is 0 Å². The quantitative estimate of drug-likeness (QED) is 0.746. The fraction of sp³-hybridized carbons (Fsp3) is 0.429. The molecule has 1 saturated heterocycles. The highest BCUT2D eigenvalue weighted by Gasteiger charge is 2.28. The Kier molecular flexibility index (Phi) is 5.34. The molecule has 0 unspecified atom stereocenters. The molecule has 126 valence electrons. The summed E-state index contributed by atoms with van der Waals surface area (Å²) in [6.07, 6.45) is -0.234. The molecule has 1 fully saturated rings. The molecule has 2 atom stereocenters. The van der Waals surface area contributed by atoms with Gasteiger partial charge in [-0.2, -0.15) is 0 Å². The lowest BCUT2D eigenvalue weighted by Gasteiger charge is -2.16. The van der Waals surface area contributed by atoms with Gasteiger partial charge in [0, 0.05) is 12.3 Å². The lowest BCUT2D eigenvalue weighted by molar-refractivity contribution is -0.162. The summed E-state index contributed by atoms with van der Waals surface area (Å²) in [5.41, 5.74) is 0.363. The van der Waals surface area contributed by atoms with E-state index < -0.39 is 34.1 Å². The smallest absolute Gasteiger partial charge is 0.336 e. The number of benzene rings is 1. The number of ether oxygens (including phenoxy) is 2. The van der Waals surface area contributed by atoms with Gasteiger partial charge in [0.05, 0.1) is 4.90 Å². The fourth-order valence-corrected chi connectivity index (χ4v) is 2.55. The first-order chi connectivity index (χ1) is 10.8. The van der Waals surface area contributed by atoms with Crippen LogP contribution in [0.1, 0.15) is 19.8 Å². The average molecular weight is 342 g/mol. The van der Waals surface area contributed by atoms with Gasteiger partial charge in [-0.05, 0) is 44.0 Å². The highest BCUT2D eigenvalue weighted by atomic mass is 32.2. The van der Waals surface area contributed by atoms with Gasteiger partial charge in [0.2, 0.25) is 10.0 Å². The second-order valence-electron chi connectivity index (χ2n) is 5.14. The van der Waals surface area contributed by atoms with Gasteiger partial charge in [0.25, 0.3) is 5.91 Å². The first-order valence-corrected chi connectivity index (χ1v) is 8.58. The number of carbonyl (C=O) groups excluding carboxylic acids is 2. The minimum atomic E-state index is -3.79. The molecular weight excluding hydrogens is 324 g/mol. The number of carbonyl (C=O) groups is 2. The number of anilines is 1. The Balaban J connectivity index is 1.91. The monoisotopic (exact) mass is 342 g/mol. The molecule has 2 rings (SSSR count). The van der Waals surface area contributed by atoms with Crippen molar-refractivity contribution in [3.05, 3.63) is 24.3 Å². The van der Waals surface area contributed by atoms with Gasteiger partial charge in [0.15, 0.2) is 12.2 Å². The number of esters is 1. The third-order valence-corrected chi connectivity index (χ3v) is 4.23. The molecule has 1 amide bonds. The van der Waals surface area contributed by atoms with Crippen molar-refractivity contribution >= 4 is 27.6 Å². The number of sulfonamides is 1. The summed E-state index contributed by atoms with van der Waals surface area (Å²) < 4.78 is 32.5. The van der Waals surface area contributed by atoms with Crippen LogP contribution in [-0.4, -0.2) is 39.1 Å². The minimum absolute atomic E-state index is 0.0617. The lowest BCUT2D eigenvalue weighted by Crippen LogP contribution is -2.34. The standard InChI is InChI=1S/C14H18N2O6S/c1-9(22-14(18)12-3-2-8-21-12)13(17)16-10-4-6-11(7-5-10)23(15,19)20/h4-7,9,12H,2-3,8H2,1H3,(H,16,17)(H2,15,19,20)/t9-,12-/m1/s1. The SMILES string of the molecule is C[C@@H](OC(=O)[C@H]1CCCO1)C(=O)Nc1ccc(S(N)(=O)=O)cc1. The van der Waals surface area contributed by atoms with Gasteiger partial charge in [-0.3, -0.25) is 4.79 Å². The molecule has 0 spiro atoms. The molecule has 0 saturated carbocycles. The van der Waals surface area contributed by atoms with Crippen LogP contribution in [-0.2, 0) is 29.1 Å². The topological polar surface area (TPSA) is 125 Å². The van der Waals surface area contributed by atoms with E-state index in [0.29, 0.717) is 18.7 Å². The molecule has 8 nitrogen and oxygen atoms in total. The maximum atomic E-state index is 12.0. The van der Waals surface area contributed by atoms with Crippen molar-refractivity contribution in [2.24, 2.45) is 5.14 Å². The van der Waals surface area contributed by atoms with E-state index in [2.05, 4.69) is 5.32 Å². The Morgan fingerprint density at radius 1 is 1.35 bits per heavy atom. The van der Waals surface area contributed by atoms with Crippen LogP contribution in [0.5, 0.6) is 0 Å². The highest BCUT2D eigenvalue weighted by molar-refractivity contribution is 7.89. The van der Waals surface area contributed by atoms with E-state index in [4.69, 9.17) is 14.6 Å². The molecule has 0 radical (unpaired) electrons. The molecular formula is C14H18N2O6S. The van der Waals surface area contributed by atoms with E-state index in [0.717, 1.165) is 6.42 Å². The Morgan fingerprint density at radius 3 is 2.52 bits per heavy atom. The lowest BCUT2D eigenvalue weighted by atomic mass is 10.2. The van der Waals surface area contributed by atoms with Crippen LogP contribution in [0.15, 0.2) is 29.2 Å². The fourth-order valence-electron chi connectivity index (χ4n) is 2.04. The molecule has 0 bridgehead atoms. The zero-order valence-corrected chi connectivity index (χ0v) is 13.3.